The predicted octanol–water partition coefficient (Wildman–Crippen LogP) is -2.65. The highest BCUT2D eigenvalue weighted by molar-refractivity contribution is 5.97. The van der Waals surface area contributed by atoms with Crippen molar-refractivity contribution in [3.05, 3.63) is 35.9 Å². The van der Waals surface area contributed by atoms with Gasteiger partial charge in [-0.3, -0.25) is 57.7 Å². The highest BCUT2D eigenvalue weighted by Gasteiger charge is 2.35. The van der Waals surface area contributed by atoms with Crippen LogP contribution in [0.1, 0.15) is 122 Å². The third-order valence-electron chi connectivity index (χ3n) is 12.6. The summed E-state index contributed by atoms with van der Waals surface area (Å²) < 4.78 is 10.6. The Labute approximate surface area is 497 Å². The van der Waals surface area contributed by atoms with E-state index in [9.17, 15) is 63.0 Å². The highest BCUT2D eigenvalue weighted by Crippen LogP contribution is 2.12. The normalized spacial score (nSPS) is 19.2. The molecular formula is C55H101N13O16. The molecule has 1 saturated heterocycles. The van der Waals surface area contributed by atoms with Crippen LogP contribution in [0.2, 0.25) is 0 Å². The second kappa shape index (κ2) is 44.5. The number of ketones is 3. The van der Waals surface area contributed by atoms with Gasteiger partial charge in [0.15, 0.2) is 17.5 Å². The van der Waals surface area contributed by atoms with Crippen molar-refractivity contribution >= 4 is 70.6 Å². The minimum Gasteiger partial charge on any atom is -0.481 e. The molecule has 1 aromatic rings. The van der Waals surface area contributed by atoms with Crippen LogP contribution in [-0.2, 0) is 68.6 Å². The fourth-order valence-electron chi connectivity index (χ4n) is 8.00. The number of hydrogen-bond donors (Lipinski definition) is 15. The molecule has 482 valence electrons. The maximum atomic E-state index is 14.2. The van der Waals surface area contributed by atoms with E-state index in [1.807, 2.05) is 0 Å². The minimum atomic E-state index is -1.69. The number of aliphatic hydroxyl groups excluding tert-OH is 2. The van der Waals surface area contributed by atoms with Gasteiger partial charge in [-0.25, -0.2) is 0 Å². The Kier molecular flexibility index (Phi) is 39.7. The summed E-state index contributed by atoms with van der Waals surface area (Å²) in [4.78, 5) is 147. The van der Waals surface area contributed by atoms with Gasteiger partial charge >= 0.3 is 5.97 Å². The summed E-state index contributed by atoms with van der Waals surface area (Å²) in [6, 6.07) is -0.171. The Morgan fingerprint density at radius 2 is 1.46 bits per heavy atom. The highest BCUT2D eigenvalue weighted by atomic mass is 16.5. The largest absolute Gasteiger partial charge is 0.481 e. The number of unbranched alkanes of at least 4 members (excludes halogenated alkanes) is 1. The van der Waals surface area contributed by atoms with Crippen molar-refractivity contribution in [1.82, 2.24) is 47.9 Å². The number of aliphatic imine (C=N–C) groups is 1. The first-order valence-electron chi connectivity index (χ1n) is 28.6. The van der Waals surface area contributed by atoms with Gasteiger partial charge in [0, 0.05) is 57.4 Å². The lowest BCUT2D eigenvalue weighted by atomic mass is 10.0. The number of hydrogen-bond acceptors (Lipinski definition) is 19. The SMILES string of the molecule is CCC(=O)C(NC(=O)C1CCCC(NC(=O)CNCCC(=O)CCC(=O)O)C(=O)NC(CCCN=C(N)N)C(=O)NC(Cc2ccccc2)C(=O)NCC(=O)NC(C(C)O)C(=O)N1)C(C)O.CCCNCCOCCOCC(=O)CCCCN.[HH].[HH].[HH].[HH]. The van der Waals surface area contributed by atoms with E-state index in [0.29, 0.717) is 38.3 Å². The lowest BCUT2D eigenvalue weighted by molar-refractivity contribution is -0.138. The van der Waals surface area contributed by atoms with E-state index in [2.05, 4.69) is 59.8 Å². The summed E-state index contributed by atoms with van der Waals surface area (Å²) in [5.74, 6) is -8.33. The molecule has 7 amide bonds. The first-order chi connectivity index (χ1) is 40.0. The third-order valence-corrected chi connectivity index (χ3v) is 12.6. The molecule has 0 aliphatic carbocycles. The molecule has 29 nitrogen and oxygen atoms in total. The van der Waals surface area contributed by atoms with E-state index in [1.165, 1.54) is 20.8 Å². The number of guanidine groups is 1. The lowest BCUT2D eigenvalue weighted by Gasteiger charge is -2.27. The first-order valence-corrected chi connectivity index (χ1v) is 28.6. The number of ether oxygens (including phenoxy) is 2. The molecule has 84 heavy (non-hydrogen) atoms. The van der Waals surface area contributed by atoms with Gasteiger partial charge in [-0.05, 0) is 83.9 Å². The van der Waals surface area contributed by atoms with Gasteiger partial charge < -0.3 is 89.8 Å². The number of aliphatic hydroxyl groups is 2. The van der Waals surface area contributed by atoms with Gasteiger partial charge in [-0.1, -0.05) is 44.2 Å². The molecule has 1 aromatic carbocycles. The van der Waals surface area contributed by atoms with E-state index >= 15 is 0 Å². The zero-order valence-corrected chi connectivity index (χ0v) is 49.0. The van der Waals surface area contributed by atoms with Gasteiger partial charge in [0.2, 0.25) is 41.4 Å². The summed E-state index contributed by atoms with van der Waals surface area (Å²) >= 11 is 0. The molecule has 1 aliphatic heterocycles. The molecule has 0 radical (unpaired) electrons. The average Bonchev–Trinajstić information content (AvgIpc) is 3.64. The van der Waals surface area contributed by atoms with E-state index in [1.54, 1.807) is 30.3 Å². The first kappa shape index (κ1) is 75.0. The number of rotatable bonds is 35. The van der Waals surface area contributed by atoms with Crippen LogP contribution in [0.25, 0.3) is 0 Å². The van der Waals surface area contributed by atoms with Crippen LogP contribution in [0.3, 0.4) is 0 Å². The number of benzene rings is 1. The molecule has 0 bridgehead atoms. The number of aliphatic carboxylic acids is 1. The van der Waals surface area contributed by atoms with E-state index in [-0.39, 0.29) is 107 Å². The minimum absolute atomic E-state index is 0. The number of carboxylic acid groups (broad SMARTS) is 1. The van der Waals surface area contributed by atoms with Crippen molar-refractivity contribution in [3.8, 4) is 0 Å². The van der Waals surface area contributed by atoms with Crippen LogP contribution < -0.4 is 65.1 Å². The van der Waals surface area contributed by atoms with Gasteiger partial charge in [-0.2, -0.15) is 0 Å². The van der Waals surface area contributed by atoms with Crippen molar-refractivity contribution < 1.29 is 83.2 Å². The Morgan fingerprint density at radius 3 is 2.11 bits per heavy atom. The molecule has 0 saturated carbocycles. The maximum absolute atomic E-state index is 14.2. The number of amides is 7. The smallest absolute Gasteiger partial charge is 0.303 e. The number of nitrogens with one attached hydrogen (secondary N) is 9. The fraction of sp³-hybridized carbons (Fsp3) is 0.673. The van der Waals surface area contributed by atoms with E-state index in [4.69, 9.17) is 31.8 Å². The van der Waals surface area contributed by atoms with Crippen LogP contribution in [0.4, 0.5) is 0 Å². The van der Waals surface area contributed by atoms with Gasteiger partial charge in [0.1, 0.15) is 48.6 Å². The number of carbonyl (C=O) groups is 11. The molecular weight excluding hydrogens is 1100 g/mol. The molecule has 0 aromatic heterocycles. The summed E-state index contributed by atoms with van der Waals surface area (Å²) in [5.41, 5.74) is 16.9. The quantitative estimate of drug-likeness (QED) is 0.0187. The van der Waals surface area contributed by atoms with E-state index < -0.39 is 115 Å². The number of nitrogens with zero attached hydrogens (tertiary/aromatic N) is 1. The molecule has 0 spiro atoms. The zero-order chi connectivity index (χ0) is 62.8. The average molecular weight is 1200 g/mol. The van der Waals surface area contributed by atoms with Crippen molar-refractivity contribution in [2.24, 2.45) is 22.2 Å². The standard InChI is InChI=1S/C42H65N11O13.C13H28N2O3.4H2/c1-4-31(57)35(23(2)54)53-40(65)28-13-8-12-27(48-32(58)21-45-19-17-26(56)15-16-34(60)61)38(63)49-29(14-9-18-46-42(43)44)39(64)51-30(20-25-10-6-5-7-11-25)37(62)47-22-33(59)52-36(24(3)55)41(66)50-28;1-2-7-15-8-9-17-10-11-18-12-13(16)5-3-4-6-14;;;;/h5-7,10-11,23-24,27-30,35-36,45,54-55H,4,8-9,12-22H2,1-3H3,(H,47,62)(H,48,58)(H,49,63)(H,50,66)(H,51,64)(H,52,59)(H,53,65)(H,60,61)(H4,43,44,46);15H,2-12,14H2,1H3;4*1H. The van der Waals surface area contributed by atoms with Crippen LogP contribution in [0, 0.1) is 0 Å². The van der Waals surface area contributed by atoms with Crippen LogP contribution >= 0.6 is 0 Å². The van der Waals surface area contributed by atoms with Crippen LogP contribution in [0.15, 0.2) is 35.3 Å². The zero-order valence-electron chi connectivity index (χ0n) is 49.0. The molecule has 1 fully saturated rings. The molecule has 8 atom stereocenters. The van der Waals surface area contributed by atoms with Crippen LogP contribution in [0.5, 0.6) is 0 Å². The second-order valence-electron chi connectivity index (χ2n) is 20.0. The molecule has 18 N–H and O–H groups in total. The van der Waals surface area contributed by atoms with Gasteiger partial charge in [-0.15, -0.1) is 0 Å². The summed E-state index contributed by atoms with van der Waals surface area (Å²) in [5, 5.41) is 53.2. The van der Waals surface area contributed by atoms with Gasteiger partial charge in [0.25, 0.3) is 0 Å². The number of Topliss-reactive ketones (excluding diaryl/α,β-unsaturated/α-hetero) is 3. The van der Waals surface area contributed by atoms with Crippen molar-refractivity contribution in [3.63, 3.8) is 0 Å². The molecule has 1 aliphatic rings. The van der Waals surface area contributed by atoms with Crippen molar-refractivity contribution in [2.75, 3.05) is 72.2 Å². The topological polar surface area (TPSA) is 466 Å². The molecule has 29 heteroatoms. The monoisotopic (exact) mass is 1200 g/mol. The summed E-state index contributed by atoms with van der Waals surface area (Å²) in [6.07, 6.45) is -0.786. The number of nitrogens with two attached hydrogens (primary N) is 3. The van der Waals surface area contributed by atoms with Crippen molar-refractivity contribution in [1.29, 1.82) is 0 Å². The Morgan fingerprint density at radius 1 is 0.762 bits per heavy atom. The summed E-state index contributed by atoms with van der Waals surface area (Å²) in [7, 11) is 0. The lowest BCUT2D eigenvalue weighted by Crippen LogP contribution is -2.60. The molecule has 2 rings (SSSR count). The molecule has 8 unspecified atom stereocenters. The van der Waals surface area contributed by atoms with E-state index in [0.717, 1.165) is 32.4 Å². The number of carboxylic acids is 1. The van der Waals surface area contributed by atoms with Gasteiger partial charge in [0.05, 0.1) is 51.5 Å². The summed E-state index contributed by atoms with van der Waals surface area (Å²) in [6.45, 7) is 9.46. The second-order valence-corrected chi connectivity index (χ2v) is 20.0. The Hall–Kier alpha value is -7.02. The third kappa shape index (κ3) is 34.6. The van der Waals surface area contributed by atoms with Crippen LogP contribution in [-0.4, -0.2) is 207 Å². The Bertz CT molecular complexity index is 2260. The Balaban J connectivity index is -0.00000138. The molecule has 1 heterocycles. The number of carbonyl (C=O) groups excluding carboxylic acids is 10. The predicted molar refractivity (Wildman–Crippen MR) is 318 cm³/mol. The fourth-order valence-corrected chi connectivity index (χ4v) is 8.00. The van der Waals surface area contributed by atoms with Crippen molar-refractivity contribution in [2.45, 2.75) is 166 Å². The maximum Gasteiger partial charge on any atom is 0.303 e.